The van der Waals surface area contributed by atoms with Gasteiger partial charge in [0.2, 0.25) is 5.56 Å². The highest BCUT2D eigenvalue weighted by atomic mass is 19.1. The summed E-state index contributed by atoms with van der Waals surface area (Å²) in [5, 5.41) is 22.3. The van der Waals surface area contributed by atoms with Gasteiger partial charge in [-0.1, -0.05) is 59.8 Å². The second-order valence-electron chi connectivity index (χ2n) is 8.20. The number of carbonyl (C=O) groups is 1. The Labute approximate surface area is 201 Å². The van der Waals surface area contributed by atoms with Gasteiger partial charge in [-0.15, -0.1) is 0 Å². The van der Waals surface area contributed by atoms with Crippen molar-refractivity contribution in [3.05, 3.63) is 130 Å². The molecule has 1 aromatic heterocycles. The fraction of sp³-hybridized carbons (Fsp3) is 0.107. The second-order valence-corrected chi connectivity index (χ2v) is 8.20. The fourth-order valence-corrected chi connectivity index (χ4v) is 4.05. The lowest BCUT2D eigenvalue weighted by Gasteiger charge is -2.20. The number of carboxylic acid groups (broad SMARTS) is 1. The maximum atomic E-state index is 14.9. The van der Waals surface area contributed by atoms with Gasteiger partial charge in [-0.05, 0) is 46.5 Å². The quantitative estimate of drug-likeness (QED) is 0.218. The smallest absolute Gasteiger partial charge is 0.335 e. The van der Waals surface area contributed by atoms with Crippen LogP contribution >= 0.6 is 0 Å². The first-order valence-electron chi connectivity index (χ1n) is 10.9. The summed E-state index contributed by atoms with van der Waals surface area (Å²) in [5.41, 5.74) is 3.90. The summed E-state index contributed by atoms with van der Waals surface area (Å²) >= 11 is 0. The molecule has 0 saturated heterocycles. The molecule has 6 nitrogen and oxygen atoms in total. The maximum absolute atomic E-state index is 14.9. The average molecular weight is 471 g/mol. The number of halogens is 1. The number of carboxylic acids is 1. The Morgan fingerprint density at radius 1 is 0.914 bits per heavy atom. The lowest BCUT2D eigenvalue weighted by molar-refractivity contribution is 0.0697. The van der Waals surface area contributed by atoms with E-state index in [0.717, 1.165) is 16.7 Å². The number of aromatic carboxylic acids is 1. The zero-order valence-electron chi connectivity index (χ0n) is 18.9. The third kappa shape index (κ3) is 5.19. The van der Waals surface area contributed by atoms with Crippen LogP contribution < -0.4 is 5.56 Å². The van der Waals surface area contributed by atoms with E-state index in [0.29, 0.717) is 16.8 Å². The first-order valence-corrected chi connectivity index (χ1v) is 10.9. The maximum Gasteiger partial charge on any atom is 0.335 e. The lowest BCUT2D eigenvalue weighted by Crippen LogP contribution is -2.18. The highest BCUT2D eigenvalue weighted by Crippen LogP contribution is 2.33. The highest BCUT2D eigenvalue weighted by molar-refractivity contribution is 6.00. The molecule has 0 fully saturated rings. The van der Waals surface area contributed by atoms with E-state index in [-0.39, 0.29) is 23.4 Å². The van der Waals surface area contributed by atoms with Gasteiger partial charge in [0.25, 0.3) is 0 Å². The van der Waals surface area contributed by atoms with E-state index >= 15 is 0 Å². The van der Waals surface area contributed by atoms with E-state index in [1.165, 1.54) is 16.7 Å². The molecule has 176 valence electrons. The normalized spacial score (nSPS) is 12.3. The number of aromatic nitrogens is 1. The van der Waals surface area contributed by atoms with Crippen molar-refractivity contribution < 1.29 is 19.5 Å². The number of hydrogen-bond donors (Lipinski definition) is 2. The van der Waals surface area contributed by atoms with Gasteiger partial charge in [0.15, 0.2) is 0 Å². The zero-order chi connectivity index (χ0) is 24.9. The van der Waals surface area contributed by atoms with Gasteiger partial charge in [-0.2, -0.15) is 0 Å². The molecule has 0 amide bonds. The van der Waals surface area contributed by atoms with Gasteiger partial charge in [0.05, 0.1) is 11.3 Å². The van der Waals surface area contributed by atoms with Crippen LogP contribution in [-0.2, 0) is 7.05 Å². The predicted octanol–water partition coefficient (Wildman–Crippen LogP) is 5.29. The summed E-state index contributed by atoms with van der Waals surface area (Å²) in [6.07, 6.45) is 1.78. The van der Waals surface area contributed by atoms with Crippen LogP contribution in [0.5, 0.6) is 0 Å². The van der Waals surface area contributed by atoms with E-state index in [4.69, 9.17) is 5.11 Å². The molecule has 0 radical (unpaired) electrons. The van der Waals surface area contributed by atoms with Crippen molar-refractivity contribution in [1.82, 2.24) is 4.57 Å². The largest absolute Gasteiger partial charge is 0.478 e. The van der Waals surface area contributed by atoms with Gasteiger partial charge >= 0.3 is 5.97 Å². The van der Waals surface area contributed by atoms with Gasteiger partial charge in [-0.25, -0.2) is 9.18 Å². The minimum Gasteiger partial charge on any atom is -0.478 e. The molecule has 0 saturated carbocycles. The van der Waals surface area contributed by atoms with Crippen molar-refractivity contribution in [3.8, 4) is 11.1 Å². The summed E-state index contributed by atoms with van der Waals surface area (Å²) in [6.45, 7) is 0. The van der Waals surface area contributed by atoms with Gasteiger partial charge in [0.1, 0.15) is 5.82 Å². The summed E-state index contributed by atoms with van der Waals surface area (Å²) in [7, 11) is 1.61. The molecule has 1 unspecified atom stereocenters. The van der Waals surface area contributed by atoms with Crippen LogP contribution in [0.4, 0.5) is 4.39 Å². The van der Waals surface area contributed by atoms with E-state index < -0.39 is 11.9 Å². The molecule has 4 aromatic rings. The van der Waals surface area contributed by atoms with Gasteiger partial charge in [0, 0.05) is 37.2 Å². The molecule has 2 N–H and O–H groups in total. The van der Waals surface area contributed by atoms with Gasteiger partial charge in [-0.3, -0.25) is 4.79 Å². The van der Waals surface area contributed by atoms with Crippen LogP contribution in [0.1, 0.15) is 39.4 Å². The van der Waals surface area contributed by atoms with Crippen molar-refractivity contribution in [2.24, 2.45) is 12.2 Å². The number of pyridine rings is 1. The number of benzene rings is 3. The summed E-state index contributed by atoms with van der Waals surface area (Å²) in [5.74, 6) is -1.81. The minimum atomic E-state index is -0.987. The monoisotopic (exact) mass is 470 g/mol. The van der Waals surface area contributed by atoms with Crippen LogP contribution in [0.25, 0.3) is 11.1 Å². The molecular formula is C28H23FN2O4. The number of oxime groups is 1. The Morgan fingerprint density at radius 3 is 2.09 bits per heavy atom. The van der Waals surface area contributed by atoms with E-state index in [2.05, 4.69) is 5.16 Å². The van der Waals surface area contributed by atoms with Crippen molar-refractivity contribution in [2.75, 3.05) is 0 Å². The van der Waals surface area contributed by atoms with E-state index in [1.54, 1.807) is 61.8 Å². The molecular weight excluding hydrogens is 447 g/mol. The Bertz CT molecular complexity index is 1440. The summed E-state index contributed by atoms with van der Waals surface area (Å²) < 4.78 is 16.2. The topological polar surface area (TPSA) is 91.9 Å². The van der Waals surface area contributed by atoms with Crippen molar-refractivity contribution in [2.45, 2.75) is 12.3 Å². The molecule has 1 atom stereocenters. The first-order chi connectivity index (χ1) is 16.9. The summed E-state index contributed by atoms with van der Waals surface area (Å²) in [6, 6.07) is 23.6. The fourth-order valence-electron chi connectivity index (χ4n) is 4.05. The van der Waals surface area contributed by atoms with Crippen LogP contribution in [-0.4, -0.2) is 26.6 Å². The van der Waals surface area contributed by atoms with E-state index in [1.807, 2.05) is 24.3 Å². The second kappa shape index (κ2) is 10.2. The first kappa shape index (κ1) is 23.6. The number of aryl methyl sites for hydroxylation is 1. The third-order valence-corrected chi connectivity index (χ3v) is 6.00. The Morgan fingerprint density at radius 2 is 1.51 bits per heavy atom. The van der Waals surface area contributed by atoms with Crippen LogP contribution in [0.15, 0.2) is 101 Å². The van der Waals surface area contributed by atoms with Crippen LogP contribution in [0, 0.1) is 5.82 Å². The van der Waals surface area contributed by atoms with Crippen molar-refractivity contribution in [1.29, 1.82) is 0 Å². The van der Waals surface area contributed by atoms with Crippen molar-refractivity contribution in [3.63, 3.8) is 0 Å². The molecule has 1 heterocycles. The van der Waals surface area contributed by atoms with E-state index in [9.17, 15) is 19.2 Å². The standard InChI is InChI=1S/C28H23FN2O4/c1-31-17-22(14-15-27(31)32)26(30-35)16-24(23-4-2-3-5-25(23)29)20-10-6-18(7-11-20)19-8-12-21(13-9-19)28(33)34/h2-15,17,24,35H,16H2,1H3,(H,33,34). The molecule has 4 rings (SSSR count). The number of hydrogen-bond acceptors (Lipinski definition) is 4. The lowest BCUT2D eigenvalue weighted by atomic mass is 9.84. The molecule has 35 heavy (non-hydrogen) atoms. The molecule has 7 heteroatoms. The molecule has 0 aliphatic heterocycles. The molecule has 0 spiro atoms. The molecule has 0 aliphatic carbocycles. The third-order valence-electron chi connectivity index (χ3n) is 6.00. The number of rotatable bonds is 7. The highest BCUT2D eigenvalue weighted by Gasteiger charge is 2.22. The molecule has 0 bridgehead atoms. The van der Waals surface area contributed by atoms with Gasteiger partial charge < -0.3 is 14.9 Å². The summed E-state index contributed by atoms with van der Waals surface area (Å²) in [4.78, 5) is 22.9. The molecule has 0 aliphatic rings. The predicted molar refractivity (Wildman–Crippen MR) is 132 cm³/mol. The Hall–Kier alpha value is -4.52. The Kier molecular flexibility index (Phi) is 6.87. The SMILES string of the molecule is Cn1cc(C(CC(c2ccc(-c3ccc(C(=O)O)cc3)cc2)c2ccccc2F)=NO)ccc1=O. The molecule has 3 aromatic carbocycles. The van der Waals surface area contributed by atoms with Crippen molar-refractivity contribution >= 4 is 11.7 Å². The van der Waals surface area contributed by atoms with Crippen LogP contribution in [0.2, 0.25) is 0 Å². The number of nitrogens with zero attached hydrogens (tertiary/aromatic N) is 2. The zero-order valence-corrected chi connectivity index (χ0v) is 18.9. The Balaban J connectivity index is 1.70. The van der Waals surface area contributed by atoms with Crippen LogP contribution in [0.3, 0.4) is 0 Å². The average Bonchev–Trinajstić information content (AvgIpc) is 2.87. The minimum absolute atomic E-state index is 0.191.